The van der Waals surface area contributed by atoms with E-state index in [4.69, 9.17) is 21.5 Å². The Morgan fingerprint density at radius 3 is 2.67 bits per heavy atom. The first-order valence-corrected chi connectivity index (χ1v) is 9.77. The maximum Gasteiger partial charge on any atom is 0.421 e. The molecule has 0 aliphatic rings. The van der Waals surface area contributed by atoms with Gasteiger partial charge < -0.3 is 21.1 Å². The highest BCUT2D eigenvalue weighted by Crippen LogP contribution is 2.33. The maximum absolute atomic E-state index is 12.4. The highest BCUT2D eigenvalue weighted by molar-refractivity contribution is 7.99. The second-order valence-corrected chi connectivity index (χ2v) is 6.96. The molecular weight excluding hydrogens is 412 g/mol. The van der Waals surface area contributed by atoms with E-state index in [-0.39, 0.29) is 36.4 Å². The molecule has 0 fully saturated rings. The highest BCUT2D eigenvalue weighted by Gasteiger charge is 2.28. The van der Waals surface area contributed by atoms with E-state index in [2.05, 4.69) is 9.98 Å². The molecule has 12 nitrogen and oxygen atoms in total. The molecule has 0 saturated heterocycles. The minimum absolute atomic E-state index is 0.00705. The normalized spacial score (nSPS) is 11.5. The third-order valence-corrected chi connectivity index (χ3v) is 4.91. The summed E-state index contributed by atoms with van der Waals surface area (Å²) in [7, 11) is 2.73. The summed E-state index contributed by atoms with van der Waals surface area (Å²) in [5.41, 5.74) is 11.2. The van der Waals surface area contributed by atoms with Crippen molar-refractivity contribution in [1.82, 2.24) is 4.90 Å². The number of nitro benzene ring substituents is 1. The second kappa shape index (κ2) is 12.1. The number of carbonyl (C=O) groups is 1. The highest BCUT2D eigenvalue weighted by atomic mass is 32.2. The summed E-state index contributed by atoms with van der Waals surface area (Å²) in [5, 5.41) is 20.0. The van der Waals surface area contributed by atoms with Crippen molar-refractivity contribution in [2.45, 2.75) is 18.2 Å². The number of nitro groups is 1. The molecule has 1 rings (SSSR count). The number of hydrogen-bond donors (Lipinski definition) is 2. The Morgan fingerprint density at radius 2 is 2.10 bits per heavy atom. The number of hydrogen-bond acceptors (Lipinski definition) is 8. The number of guanidine groups is 2. The fourth-order valence-electron chi connectivity index (χ4n) is 2.19. The van der Waals surface area contributed by atoms with Gasteiger partial charge in [0.15, 0.2) is 0 Å². The topological polar surface area (TPSA) is 176 Å². The van der Waals surface area contributed by atoms with Crippen molar-refractivity contribution in [3.05, 3.63) is 28.3 Å². The second-order valence-electron chi connectivity index (χ2n) is 5.79. The van der Waals surface area contributed by atoms with Gasteiger partial charge in [-0.05, 0) is 24.3 Å². The average Bonchev–Trinajstić information content (AvgIpc) is 2.72. The number of thioether (sulfide) groups is 1. The predicted octanol–water partition coefficient (Wildman–Crippen LogP) is 1.71. The monoisotopic (exact) mass is 436 g/mol. The van der Waals surface area contributed by atoms with Crippen LogP contribution in [0, 0.1) is 21.6 Å². The number of anilines is 1. The van der Waals surface area contributed by atoms with Crippen molar-refractivity contribution in [3.63, 3.8) is 0 Å². The van der Waals surface area contributed by atoms with E-state index < -0.39 is 11.0 Å². The molecule has 0 radical (unpaired) electrons. The van der Waals surface area contributed by atoms with Crippen LogP contribution in [-0.4, -0.2) is 60.8 Å². The fraction of sp³-hybridized carbons (Fsp3) is 0.412. The van der Waals surface area contributed by atoms with Gasteiger partial charge in [0, 0.05) is 24.6 Å². The van der Waals surface area contributed by atoms with Crippen LogP contribution in [0.1, 0.15) is 13.3 Å². The quantitative estimate of drug-likeness (QED) is 0.153. The molecule has 0 unspecified atom stereocenters. The number of aliphatic imine (C=N–C) groups is 2. The van der Waals surface area contributed by atoms with Crippen molar-refractivity contribution in [1.29, 1.82) is 5.26 Å². The number of nitriles is 1. The zero-order chi connectivity index (χ0) is 22.7. The minimum atomic E-state index is -0.920. The smallest absolute Gasteiger partial charge is 0.421 e. The van der Waals surface area contributed by atoms with Crippen molar-refractivity contribution < 1.29 is 14.5 Å². The lowest BCUT2D eigenvalue weighted by Gasteiger charge is -2.21. The standard InChI is InChI=1S/C17H24N8O4S/c1-4-9-30-12-5-6-13(25(27)28)14(10-12)24(17(26)29-3)16(20)21-7-8-23(2)15(19)22-11-18/h5-6,10H,4,7-9H2,1-3H3,(H2,19,22)(H2,20,21). The van der Waals surface area contributed by atoms with Crippen LogP contribution in [0.4, 0.5) is 16.2 Å². The SMILES string of the molecule is CCCSc1ccc([N+](=O)[O-])c(N(C(=O)OC)C(N)=NCCN(C)C(N)=NC#N)c1. The van der Waals surface area contributed by atoms with E-state index in [1.54, 1.807) is 19.3 Å². The lowest BCUT2D eigenvalue weighted by atomic mass is 10.2. The Hall–Kier alpha value is -3.53. The van der Waals surface area contributed by atoms with Gasteiger partial charge in [-0.2, -0.15) is 5.26 Å². The van der Waals surface area contributed by atoms with Gasteiger partial charge in [-0.1, -0.05) is 6.92 Å². The average molecular weight is 436 g/mol. The molecule has 162 valence electrons. The molecule has 0 bridgehead atoms. The first-order chi connectivity index (χ1) is 14.3. The van der Waals surface area contributed by atoms with E-state index in [1.807, 2.05) is 6.92 Å². The Morgan fingerprint density at radius 1 is 1.40 bits per heavy atom. The number of rotatable bonds is 8. The van der Waals surface area contributed by atoms with Crippen LogP contribution in [0.25, 0.3) is 0 Å². The van der Waals surface area contributed by atoms with Crippen LogP contribution in [0.5, 0.6) is 0 Å². The van der Waals surface area contributed by atoms with Gasteiger partial charge in [0.05, 0.1) is 18.6 Å². The van der Waals surface area contributed by atoms with Gasteiger partial charge in [0.1, 0.15) is 5.69 Å². The molecule has 30 heavy (non-hydrogen) atoms. The molecule has 1 aromatic carbocycles. The summed E-state index contributed by atoms with van der Waals surface area (Å²) in [5.74, 6) is 0.510. The van der Waals surface area contributed by atoms with E-state index in [0.717, 1.165) is 29.1 Å². The van der Waals surface area contributed by atoms with Gasteiger partial charge in [-0.25, -0.2) is 9.69 Å². The molecule has 1 aromatic rings. The lowest BCUT2D eigenvalue weighted by molar-refractivity contribution is -0.384. The fourth-order valence-corrected chi connectivity index (χ4v) is 2.99. The molecule has 0 aromatic heterocycles. The molecule has 1 amide bonds. The summed E-state index contributed by atoms with van der Waals surface area (Å²) in [4.78, 5) is 33.8. The Kier molecular flexibility index (Phi) is 9.90. The molecule has 0 atom stereocenters. The molecule has 4 N–H and O–H groups in total. The number of methoxy groups -OCH3 is 1. The summed E-state index contributed by atoms with van der Waals surface area (Å²) in [6.07, 6.45) is 1.56. The number of benzene rings is 1. The number of amides is 1. The summed E-state index contributed by atoms with van der Waals surface area (Å²) < 4.78 is 4.75. The number of carbonyl (C=O) groups excluding carboxylic acids is 1. The van der Waals surface area contributed by atoms with E-state index in [9.17, 15) is 14.9 Å². The Balaban J connectivity index is 3.25. The van der Waals surface area contributed by atoms with E-state index in [0.29, 0.717) is 0 Å². The van der Waals surface area contributed by atoms with Crippen molar-refractivity contribution in [2.24, 2.45) is 21.5 Å². The zero-order valence-corrected chi connectivity index (χ0v) is 17.8. The van der Waals surface area contributed by atoms with Crippen molar-refractivity contribution >= 4 is 41.1 Å². The Labute approximate surface area is 178 Å². The first-order valence-electron chi connectivity index (χ1n) is 8.79. The summed E-state index contributed by atoms with van der Waals surface area (Å²) in [6, 6.07) is 4.42. The van der Waals surface area contributed by atoms with Crippen LogP contribution in [0.3, 0.4) is 0 Å². The van der Waals surface area contributed by atoms with Crippen LogP contribution >= 0.6 is 11.8 Å². The van der Waals surface area contributed by atoms with Crippen molar-refractivity contribution in [2.75, 3.05) is 37.9 Å². The van der Waals surface area contributed by atoms with Crippen LogP contribution in [-0.2, 0) is 4.74 Å². The van der Waals surface area contributed by atoms with Gasteiger partial charge in [0.25, 0.3) is 5.69 Å². The number of nitrogens with zero attached hydrogens (tertiary/aromatic N) is 6. The number of nitrogens with two attached hydrogens (primary N) is 2. The van der Waals surface area contributed by atoms with Gasteiger partial charge in [-0.15, -0.1) is 16.8 Å². The molecule has 0 saturated carbocycles. The maximum atomic E-state index is 12.4. The van der Waals surface area contributed by atoms with E-state index >= 15 is 0 Å². The minimum Gasteiger partial charge on any atom is -0.452 e. The number of likely N-dealkylation sites (N-methyl/N-ethyl adjacent to an activating group) is 1. The molecule has 13 heteroatoms. The molecule has 0 spiro atoms. The molecular formula is C17H24N8O4S. The Bertz CT molecular complexity index is 868. The van der Waals surface area contributed by atoms with Crippen LogP contribution in [0.2, 0.25) is 0 Å². The van der Waals surface area contributed by atoms with Crippen molar-refractivity contribution in [3.8, 4) is 6.19 Å². The summed E-state index contributed by atoms with van der Waals surface area (Å²) in [6.45, 7) is 2.33. The van der Waals surface area contributed by atoms with Gasteiger partial charge in [-0.3, -0.25) is 15.1 Å². The molecule has 0 heterocycles. The van der Waals surface area contributed by atoms with Gasteiger partial charge in [0.2, 0.25) is 18.1 Å². The van der Waals surface area contributed by atoms with Crippen LogP contribution < -0.4 is 16.4 Å². The first kappa shape index (κ1) is 24.5. The zero-order valence-electron chi connectivity index (χ0n) is 16.9. The van der Waals surface area contributed by atoms with Crippen LogP contribution in [0.15, 0.2) is 33.1 Å². The largest absolute Gasteiger partial charge is 0.452 e. The van der Waals surface area contributed by atoms with E-state index in [1.165, 1.54) is 28.8 Å². The molecule has 0 aliphatic carbocycles. The lowest BCUT2D eigenvalue weighted by Crippen LogP contribution is -2.43. The predicted molar refractivity (Wildman–Crippen MR) is 115 cm³/mol. The van der Waals surface area contributed by atoms with Gasteiger partial charge >= 0.3 is 6.09 Å². The number of ether oxygens (including phenoxy) is 1. The third kappa shape index (κ3) is 6.82. The molecule has 0 aliphatic heterocycles. The summed E-state index contributed by atoms with van der Waals surface area (Å²) >= 11 is 1.49. The third-order valence-electron chi connectivity index (χ3n) is 3.71.